The van der Waals surface area contributed by atoms with Gasteiger partial charge in [-0.05, 0) is 70.6 Å². The Morgan fingerprint density at radius 2 is 0.754 bits per heavy atom. The van der Waals surface area contributed by atoms with Crippen LogP contribution in [0, 0.1) is 0 Å². The molecular weight excluding hydrogens is 757 g/mol. The van der Waals surface area contributed by atoms with E-state index in [0.717, 1.165) is 44.9 Å². The third-order valence-corrected chi connectivity index (χ3v) is 8.80. The quantitative estimate of drug-likeness (QED) is 0.0203. The van der Waals surface area contributed by atoms with E-state index in [1.165, 1.54) is 38.5 Å². The van der Waals surface area contributed by atoms with E-state index in [9.17, 15) is 14.4 Å². The molecule has 0 saturated carbocycles. The van der Waals surface area contributed by atoms with Gasteiger partial charge in [-0.2, -0.15) is 0 Å². The lowest BCUT2D eigenvalue weighted by atomic mass is 10.1. The fraction of sp³-hybridized carbons (Fsp3) is 0.473. The van der Waals surface area contributed by atoms with Crippen molar-refractivity contribution in [1.29, 1.82) is 0 Å². The summed E-state index contributed by atoms with van der Waals surface area (Å²) >= 11 is 0. The van der Waals surface area contributed by atoms with Crippen LogP contribution in [0.1, 0.15) is 149 Å². The first-order valence-corrected chi connectivity index (χ1v) is 23.1. The SMILES string of the molecule is CC/C=C/C=C/C=C/C=C/C=C/C=C/CCCCCC(=O)OCC(COC(=O)CC/C=C/C/C=C/CCCCCCCC)OC(=O)CCC/C=C/C=C/C=C/C=C/C=C/CC. The topological polar surface area (TPSA) is 78.9 Å². The van der Waals surface area contributed by atoms with Crippen LogP contribution in [-0.4, -0.2) is 37.2 Å². The molecular formula is C55H80O6. The molecule has 1 unspecified atom stereocenters. The van der Waals surface area contributed by atoms with Gasteiger partial charge in [-0.25, -0.2) is 0 Å². The number of ether oxygens (including phenoxy) is 3. The van der Waals surface area contributed by atoms with Crippen molar-refractivity contribution >= 4 is 17.9 Å². The molecule has 336 valence electrons. The highest BCUT2D eigenvalue weighted by molar-refractivity contribution is 5.71. The van der Waals surface area contributed by atoms with Crippen molar-refractivity contribution in [2.75, 3.05) is 13.2 Å². The van der Waals surface area contributed by atoms with Crippen LogP contribution in [0.4, 0.5) is 0 Å². The summed E-state index contributed by atoms with van der Waals surface area (Å²) in [6, 6.07) is 0. The molecule has 0 aliphatic rings. The maximum Gasteiger partial charge on any atom is 0.306 e. The fourth-order valence-corrected chi connectivity index (χ4v) is 5.38. The van der Waals surface area contributed by atoms with E-state index >= 15 is 0 Å². The van der Waals surface area contributed by atoms with Crippen molar-refractivity contribution in [2.24, 2.45) is 0 Å². The van der Waals surface area contributed by atoms with E-state index < -0.39 is 12.1 Å². The van der Waals surface area contributed by atoms with Gasteiger partial charge in [-0.1, -0.05) is 217 Å². The molecule has 0 amide bonds. The summed E-state index contributed by atoms with van der Waals surface area (Å²) in [5.41, 5.74) is 0. The van der Waals surface area contributed by atoms with Crippen LogP contribution in [0.3, 0.4) is 0 Å². The molecule has 0 radical (unpaired) electrons. The van der Waals surface area contributed by atoms with Crippen LogP contribution in [0.25, 0.3) is 0 Å². The molecule has 0 aromatic heterocycles. The summed E-state index contributed by atoms with van der Waals surface area (Å²) in [7, 11) is 0. The molecule has 6 heteroatoms. The summed E-state index contributed by atoms with van der Waals surface area (Å²) in [4.78, 5) is 37.8. The number of hydrogen-bond acceptors (Lipinski definition) is 6. The lowest BCUT2D eigenvalue weighted by Crippen LogP contribution is -2.30. The van der Waals surface area contributed by atoms with Crippen LogP contribution >= 0.6 is 0 Å². The Bertz CT molecular complexity index is 1470. The Balaban J connectivity index is 4.70. The Hall–Kier alpha value is -4.97. The average Bonchev–Trinajstić information content (AvgIpc) is 3.26. The highest BCUT2D eigenvalue weighted by Crippen LogP contribution is 2.10. The fourth-order valence-electron chi connectivity index (χ4n) is 5.38. The molecule has 6 nitrogen and oxygen atoms in total. The van der Waals surface area contributed by atoms with Crippen LogP contribution in [0.5, 0.6) is 0 Å². The Morgan fingerprint density at radius 1 is 0.361 bits per heavy atom. The summed E-state index contributed by atoms with van der Waals surface area (Å²) in [6.07, 6.45) is 69.6. The summed E-state index contributed by atoms with van der Waals surface area (Å²) in [6.45, 7) is 6.14. The normalized spacial score (nSPS) is 13.6. The number of rotatable bonds is 38. The minimum Gasteiger partial charge on any atom is -0.462 e. The van der Waals surface area contributed by atoms with Crippen molar-refractivity contribution < 1.29 is 28.6 Å². The second-order valence-corrected chi connectivity index (χ2v) is 14.5. The number of hydrogen-bond donors (Lipinski definition) is 0. The molecule has 0 bridgehead atoms. The van der Waals surface area contributed by atoms with E-state index in [1.54, 1.807) is 0 Å². The number of carbonyl (C=O) groups excluding carboxylic acids is 3. The van der Waals surface area contributed by atoms with Crippen LogP contribution in [-0.2, 0) is 28.6 Å². The monoisotopic (exact) mass is 837 g/mol. The van der Waals surface area contributed by atoms with Gasteiger partial charge in [0.25, 0.3) is 0 Å². The highest BCUT2D eigenvalue weighted by atomic mass is 16.6. The number of carbonyl (C=O) groups is 3. The Morgan fingerprint density at radius 3 is 1.28 bits per heavy atom. The van der Waals surface area contributed by atoms with Gasteiger partial charge in [0.1, 0.15) is 13.2 Å². The number of allylic oxidation sites excluding steroid dienone is 26. The van der Waals surface area contributed by atoms with Gasteiger partial charge in [-0.15, -0.1) is 0 Å². The van der Waals surface area contributed by atoms with E-state index in [-0.39, 0.29) is 44.4 Å². The smallest absolute Gasteiger partial charge is 0.306 e. The summed E-state index contributed by atoms with van der Waals surface area (Å²) in [5, 5.41) is 0. The molecule has 0 aliphatic heterocycles. The second kappa shape index (κ2) is 47.7. The molecule has 1 atom stereocenters. The van der Waals surface area contributed by atoms with Gasteiger partial charge in [-0.3, -0.25) is 14.4 Å². The Labute approximate surface area is 371 Å². The van der Waals surface area contributed by atoms with Gasteiger partial charge >= 0.3 is 17.9 Å². The highest BCUT2D eigenvalue weighted by Gasteiger charge is 2.19. The van der Waals surface area contributed by atoms with Crippen molar-refractivity contribution in [2.45, 2.75) is 155 Å². The maximum absolute atomic E-state index is 12.7. The molecule has 0 aromatic carbocycles. The minimum absolute atomic E-state index is 0.155. The van der Waals surface area contributed by atoms with E-state index in [2.05, 4.69) is 57.2 Å². The first-order valence-electron chi connectivity index (χ1n) is 23.1. The van der Waals surface area contributed by atoms with Crippen LogP contribution in [0.2, 0.25) is 0 Å². The van der Waals surface area contributed by atoms with E-state index in [0.29, 0.717) is 25.7 Å². The first kappa shape index (κ1) is 56.0. The Kier molecular flexibility index (Phi) is 43.8. The van der Waals surface area contributed by atoms with Crippen molar-refractivity contribution in [3.63, 3.8) is 0 Å². The molecule has 0 N–H and O–H groups in total. The first-order chi connectivity index (χ1) is 30.0. The molecule has 0 fully saturated rings. The molecule has 0 rings (SSSR count). The molecule has 0 heterocycles. The molecule has 0 aliphatic carbocycles. The third-order valence-electron chi connectivity index (χ3n) is 8.80. The standard InChI is InChI=1S/C55H80O6/c1-4-7-10-13-16-19-22-25-26-27-28-31-33-36-39-42-45-48-54(57)60-51-52(61-55(58)49-46-43-40-37-34-30-24-21-18-15-12-9-6-3)50-59-53(56)47-44-41-38-35-32-29-23-20-17-14-11-8-5-2/h7,9-10,12-13,15-16,18-19,21-22,24-34,37-38,40-41,52H,4-6,8,11,14,17,20,23,35-36,39,42-51H2,1-3H3/b10-7+,12-9+,16-13+,18-15+,22-19+,24-21+,26-25+,28-27+,32-29+,33-31+,34-30+,40-37+,41-38+. The van der Waals surface area contributed by atoms with Gasteiger partial charge in [0.15, 0.2) is 6.10 Å². The summed E-state index contributed by atoms with van der Waals surface area (Å²) in [5.74, 6) is -1.16. The van der Waals surface area contributed by atoms with Gasteiger partial charge in [0.05, 0.1) is 0 Å². The zero-order valence-corrected chi connectivity index (χ0v) is 38.1. The zero-order chi connectivity index (χ0) is 44.4. The number of esters is 3. The lowest BCUT2D eigenvalue weighted by molar-refractivity contribution is -0.166. The lowest BCUT2D eigenvalue weighted by Gasteiger charge is -2.18. The summed E-state index contributed by atoms with van der Waals surface area (Å²) < 4.78 is 16.5. The molecule has 0 spiro atoms. The molecule has 61 heavy (non-hydrogen) atoms. The van der Waals surface area contributed by atoms with Gasteiger partial charge in [0, 0.05) is 19.3 Å². The number of unbranched alkanes of at least 4 members (excludes halogenated alkanes) is 10. The predicted octanol–water partition coefficient (Wildman–Crippen LogP) is 15.1. The molecule has 0 aromatic rings. The van der Waals surface area contributed by atoms with E-state index in [4.69, 9.17) is 14.2 Å². The minimum atomic E-state index is -0.863. The van der Waals surface area contributed by atoms with Gasteiger partial charge < -0.3 is 14.2 Å². The van der Waals surface area contributed by atoms with Crippen molar-refractivity contribution in [1.82, 2.24) is 0 Å². The van der Waals surface area contributed by atoms with Crippen LogP contribution < -0.4 is 0 Å². The predicted molar refractivity (Wildman–Crippen MR) is 260 cm³/mol. The van der Waals surface area contributed by atoms with Crippen molar-refractivity contribution in [3.8, 4) is 0 Å². The third kappa shape index (κ3) is 46.0. The van der Waals surface area contributed by atoms with Crippen molar-refractivity contribution in [3.05, 3.63) is 158 Å². The largest absolute Gasteiger partial charge is 0.462 e. The maximum atomic E-state index is 12.7. The zero-order valence-electron chi connectivity index (χ0n) is 38.1. The second-order valence-electron chi connectivity index (χ2n) is 14.5. The van der Waals surface area contributed by atoms with Gasteiger partial charge in [0.2, 0.25) is 0 Å². The molecule has 0 saturated heterocycles. The van der Waals surface area contributed by atoms with E-state index in [1.807, 2.05) is 122 Å². The average molecular weight is 837 g/mol. The van der Waals surface area contributed by atoms with Crippen LogP contribution in [0.15, 0.2) is 158 Å².